The van der Waals surface area contributed by atoms with Crippen LogP contribution in [0.1, 0.15) is 24.5 Å². The van der Waals surface area contributed by atoms with Crippen LogP contribution < -0.4 is 5.73 Å². The van der Waals surface area contributed by atoms with Crippen molar-refractivity contribution in [2.45, 2.75) is 25.3 Å². The predicted octanol–water partition coefficient (Wildman–Crippen LogP) is 3.63. The summed E-state index contributed by atoms with van der Waals surface area (Å²) in [4.78, 5) is 0. The van der Waals surface area contributed by atoms with Gasteiger partial charge in [-0.1, -0.05) is 49.4 Å². The lowest BCUT2D eigenvalue weighted by molar-refractivity contribution is 0.424. The molecule has 0 radical (unpaired) electrons. The zero-order chi connectivity index (χ0) is 13.0. The average Bonchev–Trinajstić information content (AvgIpc) is 2.39. The van der Waals surface area contributed by atoms with Crippen molar-refractivity contribution in [1.29, 1.82) is 0 Å². The van der Waals surface area contributed by atoms with Crippen molar-refractivity contribution in [2.75, 3.05) is 0 Å². The van der Waals surface area contributed by atoms with Gasteiger partial charge in [-0.2, -0.15) is 0 Å². The summed E-state index contributed by atoms with van der Waals surface area (Å²) in [7, 11) is 0. The van der Waals surface area contributed by atoms with E-state index in [1.807, 2.05) is 36.4 Å². The summed E-state index contributed by atoms with van der Waals surface area (Å²) in [6.45, 7) is 2.06. The van der Waals surface area contributed by atoms with Crippen molar-refractivity contribution < 1.29 is 4.39 Å². The molecular formula is C16H18FN. The Bertz CT molecular complexity index is 510. The molecule has 0 aliphatic carbocycles. The van der Waals surface area contributed by atoms with Crippen molar-refractivity contribution in [1.82, 2.24) is 0 Å². The molecule has 0 amide bonds. The molecule has 1 nitrogen and oxygen atoms in total. The van der Waals surface area contributed by atoms with Crippen LogP contribution in [0, 0.1) is 5.82 Å². The second-order valence-corrected chi connectivity index (χ2v) is 4.68. The van der Waals surface area contributed by atoms with Gasteiger partial charge < -0.3 is 5.73 Å². The van der Waals surface area contributed by atoms with Gasteiger partial charge in [-0.25, -0.2) is 4.39 Å². The van der Waals surface area contributed by atoms with E-state index >= 15 is 0 Å². The van der Waals surface area contributed by atoms with Gasteiger partial charge >= 0.3 is 0 Å². The van der Waals surface area contributed by atoms with Crippen molar-refractivity contribution in [3.05, 3.63) is 71.5 Å². The summed E-state index contributed by atoms with van der Waals surface area (Å²) in [5, 5.41) is 0. The molecule has 0 aromatic heterocycles. The fourth-order valence-electron chi connectivity index (χ4n) is 2.21. The first kappa shape index (κ1) is 12.8. The van der Waals surface area contributed by atoms with Crippen LogP contribution in [-0.2, 0) is 12.0 Å². The van der Waals surface area contributed by atoms with Gasteiger partial charge in [0.2, 0.25) is 0 Å². The van der Waals surface area contributed by atoms with Crippen LogP contribution in [0.25, 0.3) is 0 Å². The quantitative estimate of drug-likeness (QED) is 0.871. The molecule has 2 aromatic rings. The number of hydrogen-bond acceptors (Lipinski definition) is 1. The third-order valence-corrected chi connectivity index (χ3v) is 3.39. The fraction of sp³-hybridized carbons (Fsp3) is 0.250. The molecule has 0 bridgehead atoms. The highest BCUT2D eigenvalue weighted by Gasteiger charge is 2.25. The SMILES string of the molecule is CCC(N)(Cc1cccc(F)c1)c1ccccc1. The minimum atomic E-state index is -0.435. The monoisotopic (exact) mass is 243 g/mol. The van der Waals surface area contributed by atoms with Gasteiger partial charge in [0.05, 0.1) is 0 Å². The Hall–Kier alpha value is -1.67. The largest absolute Gasteiger partial charge is 0.321 e. The second kappa shape index (κ2) is 5.32. The zero-order valence-electron chi connectivity index (χ0n) is 10.6. The first-order chi connectivity index (χ1) is 8.64. The van der Waals surface area contributed by atoms with Gasteiger partial charge in [-0.05, 0) is 36.1 Å². The lowest BCUT2D eigenvalue weighted by atomic mass is 9.82. The minimum absolute atomic E-state index is 0.209. The van der Waals surface area contributed by atoms with E-state index in [1.165, 1.54) is 6.07 Å². The zero-order valence-corrected chi connectivity index (χ0v) is 10.6. The minimum Gasteiger partial charge on any atom is -0.321 e. The number of halogens is 1. The lowest BCUT2D eigenvalue weighted by Gasteiger charge is -2.29. The smallest absolute Gasteiger partial charge is 0.123 e. The molecule has 94 valence electrons. The molecule has 0 aliphatic rings. The van der Waals surface area contributed by atoms with Crippen molar-refractivity contribution in [3.8, 4) is 0 Å². The van der Waals surface area contributed by atoms with Crippen LogP contribution in [0.5, 0.6) is 0 Å². The third kappa shape index (κ3) is 2.77. The van der Waals surface area contributed by atoms with Crippen LogP contribution >= 0.6 is 0 Å². The number of nitrogens with two attached hydrogens (primary N) is 1. The van der Waals surface area contributed by atoms with E-state index in [9.17, 15) is 4.39 Å². The van der Waals surface area contributed by atoms with Crippen molar-refractivity contribution in [3.63, 3.8) is 0 Å². The van der Waals surface area contributed by atoms with Gasteiger partial charge in [-0.15, -0.1) is 0 Å². The summed E-state index contributed by atoms with van der Waals surface area (Å²) in [5.74, 6) is -0.209. The fourth-order valence-corrected chi connectivity index (χ4v) is 2.21. The molecule has 0 saturated heterocycles. The molecule has 18 heavy (non-hydrogen) atoms. The summed E-state index contributed by atoms with van der Waals surface area (Å²) < 4.78 is 13.2. The molecular weight excluding hydrogens is 225 g/mol. The highest BCUT2D eigenvalue weighted by molar-refractivity contribution is 5.28. The first-order valence-corrected chi connectivity index (χ1v) is 6.23. The molecule has 1 unspecified atom stereocenters. The molecule has 0 heterocycles. The summed E-state index contributed by atoms with van der Waals surface area (Å²) in [5.41, 5.74) is 8.07. The van der Waals surface area contributed by atoms with Crippen LogP contribution in [-0.4, -0.2) is 0 Å². The molecule has 0 spiro atoms. The van der Waals surface area contributed by atoms with E-state index in [4.69, 9.17) is 5.73 Å². The van der Waals surface area contributed by atoms with Crippen LogP contribution in [0.2, 0.25) is 0 Å². The molecule has 0 fully saturated rings. The number of benzene rings is 2. The van der Waals surface area contributed by atoms with E-state index in [0.717, 1.165) is 17.5 Å². The Morgan fingerprint density at radius 3 is 2.39 bits per heavy atom. The van der Waals surface area contributed by atoms with Gasteiger partial charge in [0, 0.05) is 5.54 Å². The first-order valence-electron chi connectivity index (χ1n) is 6.23. The third-order valence-electron chi connectivity index (χ3n) is 3.39. The van der Waals surface area contributed by atoms with E-state index in [0.29, 0.717) is 6.42 Å². The standard InChI is InChI=1S/C16H18FN/c1-2-16(18,14-8-4-3-5-9-14)12-13-7-6-10-15(17)11-13/h3-11H,2,12,18H2,1H3. The van der Waals surface area contributed by atoms with Crippen LogP contribution in [0.4, 0.5) is 4.39 Å². The maximum absolute atomic E-state index is 13.2. The Labute approximate surface area is 107 Å². The van der Waals surface area contributed by atoms with E-state index in [1.54, 1.807) is 12.1 Å². The maximum Gasteiger partial charge on any atom is 0.123 e. The van der Waals surface area contributed by atoms with E-state index < -0.39 is 5.54 Å². The predicted molar refractivity (Wildman–Crippen MR) is 72.7 cm³/mol. The molecule has 0 saturated carbocycles. The molecule has 2 rings (SSSR count). The molecule has 2 N–H and O–H groups in total. The highest BCUT2D eigenvalue weighted by Crippen LogP contribution is 2.26. The van der Waals surface area contributed by atoms with Crippen LogP contribution in [0.15, 0.2) is 54.6 Å². The normalized spacial score (nSPS) is 14.2. The Balaban J connectivity index is 2.29. The Morgan fingerprint density at radius 1 is 1.06 bits per heavy atom. The lowest BCUT2D eigenvalue weighted by Crippen LogP contribution is -2.38. The molecule has 2 aromatic carbocycles. The summed E-state index contributed by atoms with van der Waals surface area (Å²) >= 11 is 0. The van der Waals surface area contributed by atoms with Gasteiger partial charge in [-0.3, -0.25) is 0 Å². The number of hydrogen-bond donors (Lipinski definition) is 1. The maximum atomic E-state index is 13.2. The van der Waals surface area contributed by atoms with Gasteiger partial charge in [0.1, 0.15) is 5.82 Å². The summed E-state index contributed by atoms with van der Waals surface area (Å²) in [6, 6.07) is 16.7. The van der Waals surface area contributed by atoms with Crippen LogP contribution in [0.3, 0.4) is 0 Å². The Kier molecular flexibility index (Phi) is 3.78. The Morgan fingerprint density at radius 2 is 1.78 bits per heavy atom. The second-order valence-electron chi connectivity index (χ2n) is 4.68. The summed E-state index contributed by atoms with van der Waals surface area (Å²) in [6.07, 6.45) is 1.46. The number of rotatable bonds is 4. The van der Waals surface area contributed by atoms with Crippen molar-refractivity contribution >= 4 is 0 Å². The molecule has 2 heteroatoms. The van der Waals surface area contributed by atoms with E-state index in [2.05, 4.69) is 6.92 Å². The highest BCUT2D eigenvalue weighted by atomic mass is 19.1. The molecule has 1 atom stereocenters. The van der Waals surface area contributed by atoms with Gasteiger partial charge in [0.15, 0.2) is 0 Å². The van der Waals surface area contributed by atoms with Gasteiger partial charge in [0.25, 0.3) is 0 Å². The topological polar surface area (TPSA) is 26.0 Å². The van der Waals surface area contributed by atoms with Crippen molar-refractivity contribution in [2.24, 2.45) is 5.73 Å². The average molecular weight is 243 g/mol. The van der Waals surface area contributed by atoms with E-state index in [-0.39, 0.29) is 5.82 Å². The molecule has 0 aliphatic heterocycles.